The topological polar surface area (TPSA) is 37.4 Å². The third-order valence-electron chi connectivity index (χ3n) is 5.66. The summed E-state index contributed by atoms with van der Waals surface area (Å²) in [6, 6.07) is 14.8. The Labute approximate surface area is 189 Å². The standard InChI is InChI=1S/C24H25Br2NO2/c1-3-27(4-2)21-7-5-6-20(23(28)16-8-12-18(25)13-9-16)22(21)24(29)17-10-14-19(26)15-11-17/h5,7-15,20-22H,3-4,6H2,1-2H3/t20-,21?,22+/m1/s1. The highest BCUT2D eigenvalue weighted by atomic mass is 79.9. The Hall–Kier alpha value is -1.56. The molecule has 0 spiro atoms. The number of Topliss-reactive ketones (excluding diaryl/α,β-unsaturated/α-hetero) is 2. The zero-order chi connectivity index (χ0) is 21.0. The van der Waals surface area contributed by atoms with Gasteiger partial charge in [0, 0.05) is 32.0 Å². The summed E-state index contributed by atoms with van der Waals surface area (Å²) in [6.07, 6.45) is 4.76. The molecular formula is C24H25Br2NO2. The van der Waals surface area contributed by atoms with Crippen LogP contribution in [-0.2, 0) is 0 Å². The number of halogens is 2. The van der Waals surface area contributed by atoms with E-state index in [0.29, 0.717) is 17.5 Å². The number of carbonyl (C=O) groups is 2. The average Bonchev–Trinajstić information content (AvgIpc) is 2.74. The number of rotatable bonds is 7. The van der Waals surface area contributed by atoms with Gasteiger partial charge in [-0.15, -0.1) is 0 Å². The average molecular weight is 519 g/mol. The second-order valence-corrected chi connectivity index (χ2v) is 9.08. The van der Waals surface area contributed by atoms with Gasteiger partial charge in [0.25, 0.3) is 0 Å². The monoisotopic (exact) mass is 517 g/mol. The number of allylic oxidation sites excluding steroid dienone is 1. The van der Waals surface area contributed by atoms with Crippen molar-refractivity contribution in [1.82, 2.24) is 4.90 Å². The lowest BCUT2D eigenvalue weighted by Gasteiger charge is -2.39. The minimum Gasteiger partial charge on any atom is -0.297 e. The maximum absolute atomic E-state index is 13.6. The van der Waals surface area contributed by atoms with E-state index in [-0.39, 0.29) is 23.5 Å². The van der Waals surface area contributed by atoms with Crippen LogP contribution in [0.25, 0.3) is 0 Å². The van der Waals surface area contributed by atoms with Crippen LogP contribution < -0.4 is 0 Å². The van der Waals surface area contributed by atoms with Crippen LogP contribution in [0.1, 0.15) is 41.0 Å². The molecule has 1 aliphatic rings. The van der Waals surface area contributed by atoms with Gasteiger partial charge in [-0.05, 0) is 43.8 Å². The van der Waals surface area contributed by atoms with E-state index in [2.05, 4.69) is 62.8 Å². The van der Waals surface area contributed by atoms with Crippen molar-refractivity contribution in [1.29, 1.82) is 0 Å². The SMILES string of the molecule is CCN(CC)C1C=CC[C@@H](C(=O)c2ccc(Br)cc2)[C@@H]1C(=O)c1ccc(Br)cc1. The largest absolute Gasteiger partial charge is 0.297 e. The van der Waals surface area contributed by atoms with Gasteiger partial charge in [0.1, 0.15) is 0 Å². The Balaban J connectivity index is 2.01. The predicted octanol–water partition coefficient (Wildman–Crippen LogP) is 6.18. The Morgan fingerprint density at radius 3 is 1.83 bits per heavy atom. The summed E-state index contributed by atoms with van der Waals surface area (Å²) in [7, 11) is 0. The molecule has 0 aliphatic heterocycles. The summed E-state index contributed by atoms with van der Waals surface area (Å²) in [6.45, 7) is 5.85. The highest BCUT2D eigenvalue weighted by molar-refractivity contribution is 9.10. The molecule has 3 rings (SSSR count). The fourth-order valence-electron chi connectivity index (χ4n) is 4.11. The Morgan fingerprint density at radius 1 is 0.862 bits per heavy atom. The molecule has 0 saturated carbocycles. The third-order valence-corrected chi connectivity index (χ3v) is 6.71. The van der Waals surface area contributed by atoms with E-state index in [0.717, 1.165) is 22.0 Å². The van der Waals surface area contributed by atoms with Crippen LogP contribution in [0.4, 0.5) is 0 Å². The third kappa shape index (κ3) is 4.96. The van der Waals surface area contributed by atoms with Crippen molar-refractivity contribution in [3.8, 4) is 0 Å². The van der Waals surface area contributed by atoms with Gasteiger partial charge < -0.3 is 0 Å². The summed E-state index contributed by atoms with van der Waals surface area (Å²) < 4.78 is 1.86. The molecule has 29 heavy (non-hydrogen) atoms. The van der Waals surface area contributed by atoms with Crippen molar-refractivity contribution >= 4 is 43.4 Å². The van der Waals surface area contributed by atoms with Gasteiger partial charge in [0.15, 0.2) is 11.6 Å². The smallest absolute Gasteiger partial charge is 0.168 e. The van der Waals surface area contributed by atoms with E-state index in [1.165, 1.54) is 0 Å². The molecule has 152 valence electrons. The van der Waals surface area contributed by atoms with Crippen molar-refractivity contribution in [2.24, 2.45) is 11.8 Å². The molecular weight excluding hydrogens is 494 g/mol. The second kappa shape index (κ2) is 9.96. The van der Waals surface area contributed by atoms with Gasteiger partial charge in [-0.2, -0.15) is 0 Å². The van der Waals surface area contributed by atoms with Crippen LogP contribution in [0.15, 0.2) is 69.6 Å². The van der Waals surface area contributed by atoms with E-state index in [4.69, 9.17) is 0 Å². The molecule has 0 aromatic heterocycles. The maximum Gasteiger partial charge on any atom is 0.168 e. The first-order chi connectivity index (χ1) is 14.0. The van der Waals surface area contributed by atoms with E-state index in [1.54, 1.807) is 0 Å². The fourth-order valence-corrected chi connectivity index (χ4v) is 4.63. The van der Waals surface area contributed by atoms with Gasteiger partial charge in [-0.3, -0.25) is 14.5 Å². The van der Waals surface area contributed by atoms with Gasteiger partial charge in [-0.1, -0.05) is 82.1 Å². The van der Waals surface area contributed by atoms with Gasteiger partial charge in [0.05, 0.1) is 5.92 Å². The van der Waals surface area contributed by atoms with Crippen LogP contribution in [0.5, 0.6) is 0 Å². The summed E-state index contributed by atoms with van der Waals surface area (Å²) >= 11 is 6.85. The number of hydrogen-bond donors (Lipinski definition) is 0. The number of nitrogens with zero attached hydrogens (tertiary/aromatic N) is 1. The molecule has 1 unspecified atom stereocenters. The zero-order valence-electron chi connectivity index (χ0n) is 16.6. The predicted molar refractivity (Wildman–Crippen MR) is 124 cm³/mol. The first-order valence-corrected chi connectivity index (χ1v) is 11.5. The Bertz CT molecular complexity index is 886. The van der Waals surface area contributed by atoms with Gasteiger partial charge >= 0.3 is 0 Å². The van der Waals surface area contributed by atoms with Crippen molar-refractivity contribution in [2.75, 3.05) is 13.1 Å². The minimum atomic E-state index is -0.405. The van der Waals surface area contributed by atoms with Crippen LogP contribution in [0.3, 0.4) is 0 Å². The van der Waals surface area contributed by atoms with E-state index in [9.17, 15) is 9.59 Å². The number of likely N-dealkylation sites (N-methyl/N-ethyl adjacent to an activating group) is 1. The maximum atomic E-state index is 13.6. The van der Waals surface area contributed by atoms with E-state index in [1.807, 2.05) is 48.5 Å². The van der Waals surface area contributed by atoms with Crippen LogP contribution >= 0.6 is 31.9 Å². The lowest BCUT2D eigenvalue weighted by atomic mass is 9.72. The number of ketones is 2. The summed E-state index contributed by atoms with van der Waals surface area (Å²) in [4.78, 5) is 29.3. The molecule has 0 fully saturated rings. The van der Waals surface area contributed by atoms with Crippen molar-refractivity contribution in [3.05, 3.63) is 80.8 Å². The van der Waals surface area contributed by atoms with Crippen LogP contribution in [0, 0.1) is 11.8 Å². The molecule has 5 heteroatoms. The lowest BCUT2D eigenvalue weighted by molar-refractivity contribution is 0.0639. The molecule has 0 heterocycles. The molecule has 2 aromatic carbocycles. The number of carbonyl (C=O) groups excluding carboxylic acids is 2. The van der Waals surface area contributed by atoms with Crippen molar-refractivity contribution in [2.45, 2.75) is 26.3 Å². The summed E-state index contributed by atoms with van der Waals surface area (Å²) in [5, 5.41) is 0. The van der Waals surface area contributed by atoms with Crippen LogP contribution in [-0.4, -0.2) is 35.6 Å². The van der Waals surface area contributed by atoms with Crippen molar-refractivity contribution in [3.63, 3.8) is 0 Å². The second-order valence-electron chi connectivity index (χ2n) is 7.25. The molecule has 3 atom stereocenters. The summed E-state index contributed by atoms with van der Waals surface area (Å²) in [5.41, 5.74) is 1.31. The van der Waals surface area contributed by atoms with Gasteiger partial charge in [-0.25, -0.2) is 0 Å². The van der Waals surface area contributed by atoms with E-state index >= 15 is 0 Å². The van der Waals surface area contributed by atoms with Crippen LogP contribution in [0.2, 0.25) is 0 Å². The van der Waals surface area contributed by atoms with E-state index < -0.39 is 5.92 Å². The highest BCUT2D eigenvalue weighted by Gasteiger charge is 2.42. The first-order valence-electron chi connectivity index (χ1n) is 9.96. The van der Waals surface area contributed by atoms with Crippen molar-refractivity contribution < 1.29 is 9.59 Å². The highest BCUT2D eigenvalue weighted by Crippen LogP contribution is 2.35. The quantitative estimate of drug-likeness (QED) is 0.324. The number of hydrogen-bond acceptors (Lipinski definition) is 3. The Kier molecular flexibility index (Phi) is 7.60. The Morgan fingerprint density at radius 2 is 1.34 bits per heavy atom. The fraction of sp³-hybridized carbons (Fsp3) is 0.333. The van der Waals surface area contributed by atoms with Gasteiger partial charge in [0.2, 0.25) is 0 Å². The molecule has 0 radical (unpaired) electrons. The molecule has 0 N–H and O–H groups in total. The zero-order valence-corrected chi connectivity index (χ0v) is 19.8. The normalized spacial score (nSPS) is 21.3. The molecule has 0 amide bonds. The molecule has 1 aliphatic carbocycles. The molecule has 2 aromatic rings. The molecule has 0 saturated heterocycles. The lowest BCUT2D eigenvalue weighted by Crippen LogP contribution is -2.48. The minimum absolute atomic E-state index is 0.0363. The molecule has 3 nitrogen and oxygen atoms in total. The first kappa shape index (κ1) is 22.1. The number of benzene rings is 2. The summed E-state index contributed by atoms with van der Waals surface area (Å²) in [5.74, 6) is -0.705. The molecule has 0 bridgehead atoms.